The van der Waals surface area contributed by atoms with Crippen molar-refractivity contribution in [3.8, 4) is 29.1 Å². The van der Waals surface area contributed by atoms with Gasteiger partial charge in [0.05, 0.1) is 34.0 Å². The lowest BCUT2D eigenvalue weighted by atomic mass is 10.1. The number of rotatable bonds is 10. The van der Waals surface area contributed by atoms with E-state index in [0.29, 0.717) is 35.8 Å². The molecule has 1 N–H and O–H groups in total. The molecule has 0 bridgehead atoms. The molecule has 3 rings (SSSR count). The third kappa shape index (κ3) is 5.22. The van der Waals surface area contributed by atoms with Crippen LogP contribution in [0.5, 0.6) is 23.0 Å². The van der Waals surface area contributed by atoms with Gasteiger partial charge in [0.1, 0.15) is 11.8 Å². The maximum Gasteiger partial charge on any atom is 0.221 e. The summed E-state index contributed by atoms with van der Waals surface area (Å²) in [7, 11) is 4.50. The van der Waals surface area contributed by atoms with Crippen LogP contribution in [0.2, 0.25) is 0 Å². The summed E-state index contributed by atoms with van der Waals surface area (Å²) in [5.41, 5.74) is 0.544. The van der Waals surface area contributed by atoms with Crippen molar-refractivity contribution in [3.05, 3.63) is 60.2 Å². The minimum Gasteiger partial charge on any atom is -0.493 e. The number of nitriles is 1. The fourth-order valence-corrected chi connectivity index (χ4v) is 3.43. The zero-order chi connectivity index (χ0) is 22.9. The van der Waals surface area contributed by atoms with Crippen molar-refractivity contribution in [2.24, 2.45) is 0 Å². The number of carbonyl (C=O) groups is 1. The van der Waals surface area contributed by atoms with Gasteiger partial charge in [-0.15, -0.1) is 0 Å². The van der Waals surface area contributed by atoms with Gasteiger partial charge in [0.2, 0.25) is 11.7 Å². The highest BCUT2D eigenvalue weighted by molar-refractivity contribution is 5.88. The predicted molar refractivity (Wildman–Crippen MR) is 121 cm³/mol. The second kappa shape index (κ2) is 10.9. The Morgan fingerprint density at radius 1 is 0.969 bits per heavy atom. The summed E-state index contributed by atoms with van der Waals surface area (Å²) in [5, 5.41) is 14.5. The summed E-state index contributed by atoms with van der Waals surface area (Å²) in [4.78, 5) is 12.4. The molecule has 0 fully saturated rings. The smallest absolute Gasteiger partial charge is 0.221 e. The Bertz CT molecular complexity index is 1090. The van der Waals surface area contributed by atoms with Crippen molar-refractivity contribution in [1.82, 2.24) is 5.32 Å². The van der Waals surface area contributed by atoms with Gasteiger partial charge in [-0.25, -0.2) is 0 Å². The first-order valence-electron chi connectivity index (χ1n) is 10.2. The molecular formula is C25H26N2O5. The molecule has 0 aliphatic rings. The van der Waals surface area contributed by atoms with Crippen molar-refractivity contribution >= 4 is 16.7 Å². The van der Waals surface area contributed by atoms with E-state index < -0.39 is 6.04 Å². The topological polar surface area (TPSA) is 89.8 Å². The van der Waals surface area contributed by atoms with E-state index in [4.69, 9.17) is 18.9 Å². The number of nitrogens with zero attached hydrogens (tertiary/aromatic N) is 1. The highest BCUT2D eigenvalue weighted by Crippen LogP contribution is 2.39. The Morgan fingerprint density at radius 2 is 1.66 bits per heavy atom. The number of hydrogen-bond donors (Lipinski definition) is 1. The zero-order valence-electron chi connectivity index (χ0n) is 18.4. The Balaban J connectivity index is 1.58. The molecule has 1 unspecified atom stereocenters. The summed E-state index contributed by atoms with van der Waals surface area (Å²) in [6.07, 6.45) is 0.746. The minimum absolute atomic E-state index is 0.230. The quantitative estimate of drug-likeness (QED) is 0.476. The molecule has 32 heavy (non-hydrogen) atoms. The second-order valence-corrected chi connectivity index (χ2v) is 7.02. The van der Waals surface area contributed by atoms with Crippen molar-refractivity contribution in [1.29, 1.82) is 5.26 Å². The normalized spacial score (nSPS) is 11.3. The van der Waals surface area contributed by atoms with Crippen LogP contribution in [0.3, 0.4) is 0 Å². The highest BCUT2D eigenvalue weighted by Gasteiger charge is 2.20. The lowest BCUT2D eigenvalue weighted by Crippen LogP contribution is -2.27. The van der Waals surface area contributed by atoms with Gasteiger partial charge in [-0.2, -0.15) is 5.26 Å². The van der Waals surface area contributed by atoms with Crippen molar-refractivity contribution in [2.45, 2.75) is 18.9 Å². The molecule has 3 aromatic carbocycles. The number of ether oxygens (including phenoxy) is 4. The van der Waals surface area contributed by atoms with Gasteiger partial charge in [-0.3, -0.25) is 4.79 Å². The van der Waals surface area contributed by atoms with Gasteiger partial charge >= 0.3 is 0 Å². The predicted octanol–water partition coefficient (Wildman–Crippen LogP) is 4.41. The average molecular weight is 434 g/mol. The summed E-state index contributed by atoms with van der Waals surface area (Å²) >= 11 is 0. The van der Waals surface area contributed by atoms with Crippen molar-refractivity contribution in [3.63, 3.8) is 0 Å². The van der Waals surface area contributed by atoms with Crippen LogP contribution in [-0.2, 0) is 4.79 Å². The van der Waals surface area contributed by atoms with E-state index >= 15 is 0 Å². The fourth-order valence-electron chi connectivity index (χ4n) is 3.43. The van der Waals surface area contributed by atoms with Gasteiger partial charge in [0, 0.05) is 11.8 Å². The molecule has 0 radical (unpaired) electrons. The molecule has 0 saturated carbocycles. The lowest BCUT2D eigenvalue weighted by Gasteiger charge is -2.17. The number of amides is 1. The van der Waals surface area contributed by atoms with Gasteiger partial charge < -0.3 is 24.3 Å². The second-order valence-electron chi connectivity index (χ2n) is 7.02. The van der Waals surface area contributed by atoms with E-state index in [-0.39, 0.29) is 12.3 Å². The molecule has 1 amide bonds. The molecule has 166 valence electrons. The molecule has 7 nitrogen and oxygen atoms in total. The Hall–Kier alpha value is -3.92. The first-order valence-corrected chi connectivity index (χ1v) is 10.2. The molecular weight excluding hydrogens is 408 g/mol. The molecule has 0 heterocycles. The molecule has 1 atom stereocenters. The van der Waals surface area contributed by atoms with Crippen molar-refractivity contribution in [2.75, 3.05) is 27.9 Å². The van der Waals surface area contributed by atoms with Crippen LogP contribution in [0.4, 0.5) is 0 Å². The van der Waals surface area contributed by atoms with E-state index in [2.05, 4.69) is 11.4 Å². The molecule has 0 aliphatic carbocycles. The molecule has 0 saturated heterocycles. The number of methoxy groups -OCH3 is 3. The third-order valence-electron chi connectivity index (χ3n) is 5.01. The third-order valence-corrected chi connectivity index (χ3v) is 5.01. The lowest BCUT2D eigenvalue weighted by molar-refractivity contribution is -0.121. The number of fused-ring (bicyclic) bond motifs is 1. The SMILES string of the molecule is COc1cc(C(C#N)NC(=O)CCCOc2cccc3ccccc23)cc(OC)c1OC. The number of benzene rings is 3. The van der Waals surface area contributed by atoms with Crippen LogP contribution < -0.4 is 24.3 Å². The molecule has 0 aliphatic heterocycles. The van der Waals surface area contributed by atoms with Crippen LogP contribution in [-0.4, -0.2) is 33.8 Å². The number of carbonyl (C=O) groups excluding carboxylic acids is 1. The highest BCUT2D eigenvalue weighted by atomic mass is 16.5. The maximum absolute atomic E-state index is 12.4. The summed E-state index contributed by atoms with van der Waals surface area (Å²) in [6, 6.07) is 18.4. The zero-order valence-corrected chi connectivity index (χ0v) is 18.4. The average Bonchev–Trinajstić information content (AvgIpc) is 2.84. The largest absolute Gasteiger partial charge is 0.493 e. The van der Waals surface area contributed by atoms with E-state index in [0.717, 1.165) is 16.5 Å². The number of nitrogens with one attached hydrogen (secondary N) is 1. The molecule has 0 spiro atoms. The van der Waals surface area contributed by atoms with Gasteiger partial charge in [0.15, 0.2) is 11.5 Å². The van der Waals surface area contributed by atoms with Gasteiger partial charge in [-0.1, -0.05) is 36.4 Å². The Kier molecular flexibility index (Phi) is 7.76. The first kappa shape index (κ1) is 22.8. The summed E-state index contributed by atoms with van der Waals surface area (Å²) in [5.74, 6) is 1.80. The van der Waals surface area contributed by atoms with E-state index in [1.807, 2.05) is 42.5 Å². The standard InChI is InChI=1S/C25H26N2O5/c1-29-22-14-18(15-23(30-2)25(22)31-3)20(16-26)27-24(28)12-7-13-32-21-11-6-9-17-8-4-5-10-19(17)21/h4-6,8-11,14-15,20H,7,12-13H2,1-3H3,(H,27,28). The molecule has 7 heteroatoms. The van der Waals surface area contributed by atoms with Crippen LogP contribution in [0.15, 0.2) is 54.6 Å². The van der Waals surface area contributed by atoms with Gasteiger partial charge in [-0.05, 0) is 35.6 Å². The summed E-state index contributed by atoms with van der Waals surface area (Å²) in [6.45, 7) is 0.392. The molecule has 3 aromatic rings. The Labute approximate surface area is 187 Å². The van der Waals surface area contributed by atoms with Crippen LogP contribution >= 0.6 is 0 Å². The first-order chi connectivity index (χ1) is 15.6. The van der Waals surface area contributed by atoms with Crippen LogP contribution in [0.25, 0.3) is 10.8 Å². The van der Waals surface area contributed by atoms with Gasteiger partial charge in [0.25, 0.3) is 0 Å². The van der Waals surface area contributed by atoms with E-state index in [9.17, 15) is 10.1 Å². The summed E-state index contributed by atoms with van der Waals surface area (Å²) < 4.78 is 21.8. The number of hydrogen-bond acceptors (Lipinski definition) is 6. The minimum atomic E-state index is -0.852. The maximum atomic E-state index is 12.4. The fraction of sp³-hybridized carbons (Fsp3) is 0.280. The van der Waals surface area contributed by atoms with E-state index in [1.165, 1.54) is 21.3 Å². The van der Waals surface area contributed by atoms with E-state index in [1.54, 1.807) is 12.1 Å². The Morgan fingerprint density at radius 3 is 2.31 bits per heavy atom. The van der Waals surface area contributed by atoms with Crippen LogP contribution in [0, 0.1) is 11.3 Å². The van der Waals surface area contributed by atoms with Crippen molar-refractivity contribution < 1.29 is 23.7 Å². The molecule has 0 aromatic heterocycles. The monoisotopic (exact) mass is 434 g/mol. The van der Waals surface area contributed by atoms with Crippen LogP contribution in [0.1, 0.15) is 24.4 Å².